The van der Waals surface area contributed by atoms with E-state index in [9.17, 15) is 4.79 Å². The second kappa shape index (κ2) is 7.87. The molecule has 0 radical (unpaired) electrons. The van der Waals surface area contributed by atoms with Crippen molar-refractivity contribution in [2.24, 2.45) is 0 Å². The third-order valence-corrected chi connectivity index (χ3v) is 3.20. The van der Waals surface area contributed by atoms with Gasteiger partial charge in [0.1, 0.15) is 5.75 Å². The number of benzene rings is 2. The summed E-state index contributed by atoms with van der Waals surface area (Å²) >= 11 is 6.01. The van der Waals surface area contributed by atoms with Gasteiger partial charge in [0.05, 0.1) is 35.4 Å². The van der Waals surface area contributed by atoms with Crippen molar-refractivity contribution >= 4 is 17.6 Å². The Balaban J connectivity index is 2.04. The Hall–Kier alpha value is -3.22. The molecule has 7 heteroatoms. The molecule has 120 valence electrons. The van der Waals surface area contributed by atoms with Gasteiger partial charge in [-0.1, -0.05) is 11.6 Å². The van der Waals surface area contributed by atoms with Crippen LogP contribution in [0.1, 0.15) is 11.1 Å². The molecule has 0 N–H and O–H groups in total. The second-order valence-corrected chi connectivity index (χ2v) is 4.91. The number of carbonyl (C=O) groups is 1. The fourth-order valence-electron chi connectivity index (χ4n) is 1.79. The molecule has 0 saturated carbocycles. The van der Waals surface area contributed by atoms with Gasteiger partial charge in [-0.25, -0.2) is 4.79 Å². The highest BCUT2D eigenvalue weighted by Gasteiger charge is 2.16. The molecule has 0 spiro atoms. The molecule has 0 bridgehead atoms. The first-order chi connectivity index (χ1) is 11.6. The Morgan fingerprint density at radius 1 is 1.12 bits per heavy atom. The van der Waals surface area contributed by atoms with Crippen LogP contribution in [0.5, 0.6) is 17.2 Å². The van der Waals surface area contributed by atoms with Crippen molar-refractivity contribution in [1.82, 2.24) is 0 Å². The number of nitriles is 2. The normalized spacial score (nSPS) is 9.50. The minimum Gasteiger partial charge on any atom is -0.493 e. The van der Waals surface area contributed by atoms with Crippen molar-refractivity contribution in [2.45, 2.75) is 0 Å². The summed E-state index contributed by atoms with van der Waals surface area (Å²) in [5.74, 6) is -0.0783. The standard InChI is InChI=1S/C17H11ClN2O4/c1-22-15-7-12(9-20)6-14(18)17(15)24-16(21)10-23-13-4-2-11(8-19)3-5-13/h2-7H,10H2,1H3. The quantitative estimate of drug-likeness (QED) is 0.612. The first-order valence-electron chi connectivity index (χ1n) is 6.68. The molecule has 0 aliphatic rings. The zero-order chi connectivity index (χ0) is 17.5. The van der Waals surface area contributed by atoms with Gasteiger partial charge in [0.25, 0.3) is 0 Å². The van der Waals surface area contributed by atoms with E-state index in [1.165, 1.54) is 19.2 Å². The van der Waals surface area contributed by atoms with E-state index < -0.39 is 5.97 Å². The Morgan fingerprint density at radius 3 is 2.38 bits per heavy atom. The van der Waals surface area contributed by atoms with Gasteiger partial charge in [0, 0.05) is 6.07 Å². The highest BCUT2D eigenvalue weighted by molar-refractivity contribution is 6.32. The van der Waals surface area contributed by atoms with Gasteiger partial charge in [0.15, 0.2) is 18.1 Å². The van der Waals surface area contributed by atoms with Crippen LogP contribution < -0.4 is 14.2 Å². The molecular formula is C17H11ClN2O4. The Bertz CT molecular complexity index is 835. The molecule has 0 aromatic heterocycles. The largest absolute Gasteiger partial charge is 0.493 e. The van der Waals surface area contributed by atoms with Crippen LogP contribution in [-0.2, 0) is 4.79 Å². The van der Waals surface area contributed by atoms with E-state index in [1.807, 2.05) is 12.1 Å². The molecule has 2 aromatic carbocycles. The second-order valence-electron chi connectivity index (χ2n) is 4.50. The smallest absolute Gasteiger partial charge is 0.349 e. The molecule has 0 amide bonds. The average molecular weight is 343 g/mol. The number of halogens is 1. The Kier molecular flexibility index (Phi) is 5.62. The Morgan fingerprint density at radius 2 is 1.79 bits per heavy atom. The van der Waals surface area contributed by atoms with Gasteiger partial charge < -0.3 is 14.2 Å². The Labute approximate surface area is 143 Å². The number of methoxy groups -OCH3 is 1. The summed E-state index contributed by atoms with van der Waals surface area (Å²) in [5, 5.41) is 17.7. The highest BCUT2D eigenvalue weighted by Crippen LogP contribution is 2.36. The number of ether oxygens (including phenoxy) is 3. The average Bonchev–Trinajstić information content (AvgIpc) is 2.61. The molecule has 6 nitrogen and oxygen atoms in total. The molecule has 0 aliphatic carbocycles. The van der Waals surface area contributed by atoms with Crippen LogP contribution in [0, 0.1) is 22.7 Å². The maximum Gasteiger partial charge on any atom is 0.349 e. The van der Waals surface area contributed by atoms with Crippen LogP contribution in [0.25, 0.3) is 0 Å². The summed E-state index contributed by atoms with van der Waals surface area (Å²) in [6.45, 7) is -0.356. The van der Waals surface area contributed by atoms with E-state index >= 15 is 0 Å². The molecule has 0 atom stereocenters. The van der Waals surface area contributed by atoms with Gasteiger partial charge in [-0.3, -0.25) is 0 Å². The molecule has 2 rings (SSSR count). The van der Waals surface area contributed by atoms with E-state index in [0.29, 0.717) is 11.3 Å². The third kappa shape index (κ3) is 4.16. The molecule has 0 aliphatic heterocycles. The van der Waals surface area contributed by atoms with E-state index in [2.05, 4.69) is 0 Å². The highest BCUT2D eigenvalue weighted by atomic mass is 35.5. The predicted octanol–water partition coefficient (Wildman–Crippen LogP) is 3.08. The predicted molar refractivity (Wildman–Crippen MR) is 85.0 cm³/mol. The van der Waals surface area contributed by atoms with Gasteiger partial charge in [-0.05, 0) is 30.3 Å². The SMILES string of the molecule is COc1cc(C#N)cc(Cl)c1OC(=O)COc1ccc(C#N)cc1. The minimum absolute atomic E-state index is 0.0200. The van der Waals surface area contributed by atoms with Gasteiger partial charge in [-0.2, -0.15) is 10.5 Å². The van der Waals surface area contributed by atoms with Crippen molar-refractivity contribution in [2.75, 3.05) is 13.7 Å². The van der Waals surface area contributed by atoms with Crippen LogP contribution in [0.15, 0.2) is 36.4 Å². The van der Waals surface area contributed by atoms with Crippen molar-refractivity contribution in [3.05, 3.63) is 52.5 Å². The number of rotatable bonds is 5. The lowest BCUT2D eigenvalue weighted by molar-refractivity contribution is -0.136. The number of hydrogen-bond donors (Lipinski definition) is 0. The third-order valence-electron chi connectivity index (χ3n) is 2.91. The fourth-order valence-corrected chi connectivity index (χ4v) is 2.04. The van der Waals surface area contributed by atoms with Gasteiger partial charge >= 0.3 is 5.97 Å². The van der Waals surface area contributed by atoms with Crippen LogP contribution in [0.3, 0.4) is 0 Å². The lowest BCUT2D eigenvalue weighted by atomic mass is 10.2. The first-order valence-corrected chi connectivity index (χ1v) is 7.06. The number of hydrogen-bond acceptors (Lipinski definition) is 6. The molecule has 0 fully saturated rings. The molecular weight excluding hydrogens is 332 g/mol. The van der Waals surface area contributed by atoms with E-state index in [0.717, 1.165) is 0 Å². The lowest BCUT2D eigenvalue weighted by Crippen LogP contribution is -2.18. The van der Waals surface area contributed by atoms with Crippen LogP contribution >= 0.6 is 11.6 Å². The van der Waals surface area contributed by atoms with E-state index in [4.69, 9.17) is 36.3 Å². The molecule has 2 aromatic rings. The van der Waals surface area contributed by atoms with Crippen LogP contribution in [0.2, 0.25) is 5.02 Å². The molecule has 0 heterocycles. The maximum atomic E-state index is 11.9. The summed E-state index contributed by atoms with van der Waals surface area (Å²) in [4.78, 5) is 11.9. The van der Waals surface area contributed by atoms with Crippen molar-refractivity contribution in [3.63, 3.8) is 0 Å². The van der Waals surface area contributed by atoms with Crippen molar-refractivity contribution in [1.29, 1.82) is 10.5 Å². The topological polar surface area (TPSA) is 92.3 Å². The summed E-state index contributed by atoms with van der Waals surface area (Å²) in [6.07, 6.45) is 0. The maximum absolute atomic E-state index is 11.9. The molecule has 0 unspecified atom stereocenters. The summed E-state index contributed by atoms with van der Waals surface area (Å²) in [7, 11) is 1.37. The van der Waals surface area contributed by atoms with Crippen LogP contribution in [-0.4, -0.2) is 19.7 Å². The van der Waals surface area contributed by atoms with E-state index in [1.54, 1.807) is 24.3 Å². The number of nitrogens with zero attached hydrogens (tertiary/aromatic N) is 2. The van der Waals surface area contributed by atoms with Crippen molar-refractivity contribution < 1.29 is 19.0 Å². The fraction of sp³-hybridized carbons (Fsp3) is 0.118. The zero-order valence-electron chi connectivity index (χ0n) is 12.6. The monoisotopic (exact) mass is 342 g/mol. The van der Waals surface area contributed by atoms with Gasteiger partial charge in [0.2, 0.25) is 0 Å². The number of carbonyl (C=O) groups excluding carboxylic acids is 1. The molecule has 0 saturated heterocycles. The summed E-state index contributed by atoms with van der Waals surface area (Å²) in [6, 6.07) is 13.0. The van der Waals surface area contributed by atoms with Gasteiger partial charge in [-0.15, -0.1) is 0 Å². The van der Waals surface area contributed by atoms with Crippen LogP contribution in [0.4, 0.5) is 0 Å². The number of esters is 1. The van der Waals surface area contributed by atoms with Crippen molar-refractivity contribution in [3.8, 4) is 29.4 Å². The lowest BCUT2D eigenvalue weighted by Gasteiger charge is -2.12. The summed E-state index contributed by atoms with van der Waals surface area (Å²) < 4.78 is 15.5. The molecule has 24 heavy (non-hydrogen) atoms. The summed E-state index contributed by atoms with van der Waals surface area (Å²) in [5.41, 5.74) is 0.768. The first kappa shape index (κ1) is 17.1. The van der Waals surface area contributed by atoms with E-state index in [-0.39, 0.29) is 28.7 Å². The zero-order valence-corrected chi connectivity index (χ0v) is 13.3. The minimum atomic E-state index is -0.690.